The van der Waals surface area contributed by atoms with Gasteiger partial charge in [-0.25, -0.2) is 0 Å². The van der Waals surface area contributed by atoms with Crippen molar-refractivity contribution in [1.82, 2.24) is 0 Å². The van der Waals surface area contributed by atoms with Crippen LogP contribution in [-0.4, -0.2) is 31.1 Å². The highest BCUT2D eigenvalue weighted by atomic mass is 19.4. The number of ether oxygens (including phenoxy) is 2. The Labute approximate surface area is 147 Å². The van der Waals surface area contributed by atoms with Crippen molar-refractivity contribution in [3.63, 3.8) is 0 Å². The van der Waals surface area contributed by atoms with Crippen LogP contribution >= 0.6 is 0 Å². The maximum Gasteiger partial charge on any atom is 0.416 e. The Morgan fingerprint density at radius 1 is 1.00 bits per heavy atom. The molecule has 1 aliphatic carbocycles. The summed E-state index contributed by atoms with van der Waals surface area (Å²) in [6.45, 7) is 3.31. The molecule has 1 amide bonds. The molecule has 9 heteroatoms. The van der Waals surface area contributed by atoms with Crippen molar-refractivity contribution in [3.8, 4) is 0 Å². The number of carbonyl (C=O) groups excluding carboxylic acids is 3. The van der Waals surface area contributed by atoms with Gasteiger partial charge in [-0.05, 0) is 32.0 Å². The van der Waals surface area contributed by atoms with Crippen LogP contribution in [0.1, 0.15) is 19.4 Å². The minimum absolute atomic E-state index is 0.0762. The van der Waals surface area contributed by atoms with Crippen LogP contribution in [0.3, 0.4) is 0 Å². The third-order valence-corrected chi connectivity index (χ3v) is 3.90. The van der Waals surface area contributed by atoms with E-state index < -0.39 is 47.3 Å². The van der Waals surface area contributed by atoms with Crippen LogP contribution in [0.25, 0.3) is 0 Å². The van der Waals surface area contributed by atoms with Crippen LogP contribution < -0.4 is 5.32 Å². The molecule has 2 rings (SSSR count). The average Bonchev–Trinajstić information content (AvgIpc) is 3.31. The van der Waals surface area contributed by atoms with Crippen molar-refractivity contribution in [3.05, 3.63) is 29.8 Å². The highest BCUT2D eigenvalue weighted by molar-refractivity contribution is 6.04. The summed E-state index contributed by atoms with van der Waals surface area (Å²) in [7, 11) is 0. The van der Waals surface area contributed by atoms with Crippen LogP contribution in [0.5, 0.6) is 0 Å². The van der Waals surface area contributed by atoms with Gasteiger partial charge in [0.15, 0.2) is 0 Å². The molecule has 1 saturated carbocycles. The number of halogens is 3. The first-order valence-electron chi connectivity index (χ1n) is 8.02. The first kappa shape index (κ1) is 19.7. The fourth-order valence-electron chi connectivity index (χ4n) is 2.70. The third kappa shape index (κ3) is 4.33. The number of carbonyl (C=O) groups is 3. The molecule has 1 aromatic carbocycles. The summed E-state index contributed by atoms with van der Waals surface area (Å²) in [5.74, 6) is -5.20. The second-order valence-corrected chi connectivity index (χ2v) is 5.65. The van der Waals surface area contributed by atoms with Crippen LogP contribution in [-0.2, 0) is 30.0 Å². The Balaban J connectivity index is 2.14. The number of anilines is 1. The lowest BCUT2D eigenvalue weighted by atomic mass is 10.2. The van der Waals surface area contributed by atoms with Crippen LogP contribution in [0.4, 0.5) is 18.9 Å². The molecule has 0 saturated heterocycles. The highest BCUT2D eigenvalue weighted by Gasteiger charge is 2.64. The molecule has 142 valence electrons. The minimum Gasteiger partial charge on any atom is -0.466 e. The molecular formula is C17H18F3NO5. The fraction of sp³-hybridized carbons (Fsp3) is 0.471. The predicted molar refractivity (Wildman–Crippen MR) is 83.8 cm³/mol. The number of nitrogens with one attached hydrogen (secondary N) is 1. The van der Waals surface area contributed by atoms with E-state index in [4.69, 9.17) is 9.47 Å². The number of alkyl halides is 3. The van der Waals surface area contributed by atoms with Crippen LogP contribution in [0.2, 0.25) is 0 Å². The van der Waals surface area contributed by atoms with Crippen molar-refractivity contribution in [2.24, 2.45) is 17.8 Å². The summed E-state index contributed by atoms with van der Waals surface area (Å²) in [6.07, 6.45) is -4.55. The van der Waals surface area contributed by atoms with Gasteiger partial charge >= 0.3 is 18.1 Å². The van der Waals surface area contributed by atoms with Crippen LogP contribution in [0, 0.1) is 17.8 Å². The average molecular weight is 373 g/mol. The zero-order chi connectivity index (χ0) is 19.5. The monoisotopic (exact) mass is 373 g/mol. The van der Waals surface area contributed by atoms with Crippen molar-refractivity contribution in [2.75, 3.05) is 18.5 Å². The molecule has 1 aromatic rings. The molecule has 0 spiro atoms. The molecular weight excluding hydrogens is 355 g/mol. The lowest BCUT2D eigenvalue weighted by Crippen LogP contribution is -2.19. The largest absolute Gasteiger partial charge is 0.466 e. The first-order chi connectivity index (χ1) is 12.2. The number of rotatable bonds is 6. The van der Waals surface area contributed by atoms with E-state index in [0.717, 1.165) is 18.2 Å². The fourth-order valence-corrected chi connectivity index (χ4v) is 2.70. The van der Waals surface area contributed by atoms with E-state index in [9.17, 15) is 27.6 Å². The van der Waals surface area contributed by atoms with E-state index in [1.54, 1.807) is 13.8 Å². The topological polar surface area (TPSA) is 81.7 Å². The number of esters is 2. The molecule has 6 nitrogen and oxygen atoms in total. The number of hydrogen-bond acceptors (Lipinski definition) is 5. The van der Waals surface area contributed by atoms with Crippen molar-refractivity contribution >= 4 is 23.5 Å². The van der Waals surface area contributed by atoms with Gasteiger partial charge in [0.25, 0.3) is 0 Å². The maximum absolute atomic E-state index is 12.7. The summed E-state index contributed by atoms with van der Waals surface area (Å²) in [5.41, 5.74) is -1.00. The third-order valence-electron chi connectivity index (χ3n) is 3.90. The summed E-state index contributed by atoms with van der Waals surface area (Å²) in [6, 6.07) is 4.08. The molecule has 1 aliphatic rings. The quantitative estimate of drug-likeness (QED) is 0.776. The second-order valence-electron chi connectivity index (χ2n) is 5.65. The molecule has 0 bridgehead atoms. The lowest BCUT2D eigenvalue weighted by molar-refractivity contribution is -0.150. The molecule has 0 radical (unpaired) electrons. The van der Waals surface area contributed by atoms with E-state index in [-0.39, 0.29) is 18.9 Å². The Morgan fingerprint density at radius 2 is 1.54 bits per heavy atom. The van der Waals surface area contributed by atoms with E-state index in [1.165, 1.54) is 6.07 Å². The van der Waals surface area contributed by atoms with Gasteiger partial charge in [0.2, 0.25) is 5.91 Å². The molecule has 1 fully saturated rings. The molecule has 0 aromatic heterocycles. The van der Waals surface area contributed by atoms with Gasteiger partial charge in [-0.1, -0.05) is 6.07 Å². The van der Waals surface area contributed by atoms with Crippen molar-refractivity contribution in [1.29, 1.82) is 0 Å². The van der Waals surface area contributed by atoms with Gasteiger partial charge < -0.3 is 14.8 Å². The minimum atomic E-state index is -4.55. The number of hydrogen-bond donors (Lipinski definition) is 1. The summed E-state index contributed by atoms with van der Waals surface area (Å²) in [5, 5.41) is 2.32. The molecule has 0 aliphatic heterocycles. The Bertz CT molecular complexity index is 680. The van der Waals surface area contributed by atoms with Crippen molar-refractivity contribution < 1.29 is 37.0 Å². The Kier molecular flexibility index (Phi) is 5.89. The zero-order valence-corrected chi connectivity index (χ0v) is 14.1. The summed E-state index contributed by atoms with van der Waals surface area (Å²) < 4.78 is 47.9. The van der Waals surface area contributed by atoms with E-state index in [0.29, 0.717) is 0 Å². The lowest BCUT2D eigenvalue weighted by Gasteiger charge is -2.10. The molecule has 2 atom stereocenters. The Hall–Kier alpha value is -2.58. The van der Waals surface area contributed by atoms with Gasteiger partial charge in [0, 0.05) is 5.69 Å². The molecule has 1 N–H and O–H groups in total. The van der Waals surface area contributed by atoms with Gasteiger partial charge in [-0.3, -0.25) is 14.4 Å². The van der Waals surface area contributed by atoms with Crippen LogP contribution in [0.15, 0.2) is 24.3 Å². The van der Waals surface area contributed by atoms with E-state index >= 15 is 0 Å². The number of benzene rings is 1. The van der Waals surface area contributed by atoms with Gasteiger partial charge in [0.05, 0.1) is 36.5 Å². The standard InChI is InChI=1S/C17H18F3NO5/c1-3-25-15(23)12-11(13(12)16(24)26-4-2)14(22)21-10-7-5-6-9(8-10)17(18,19)20/h5-8,11-13H,3-4H2,1-2H3,(H,21,22)/t12-,13-/m0/s1. The number of amides is 1. The van der Waals surface area contributed by atoms with Gasteiger partial charge in [-0.15, -0.1) is 0 Å². The van der Waals surface area contributed by atoms with Gasteiger partial charge in [0.1, 0.15) is 0 Å². The second kappa shape index (κ2) is 7.76. The highest BCUT2D eigenvalue weighted by Crippen LogP contribution is 2.48. The smallest absolute Gasteiger partial charge is 0.416 e. The molecule has 0 unspecified atom stereocenters. The first-order valence-corrected chi connectivity index (χ1v) is 8.02. The SMILES string of the molecule is CCOC(=O)[C@H]1C(C(=O)Nc2cccc(C(F)(F)F)c2)[C@@H]1C(=O)OCC. The van der Waals surface area contributed by atoms with Crippen molar-refractivity contribution in [2.45, 2.75) is 20.0 Å². The Morgan fingerprint density at radius 3 is 2.00 bits per heavy atom. The normalized spacial score (nSPS) is 21.7. The predicted octanol–water partition coefficient (Wildman–Crippen LogP) is 2.63. The van der Waals surface area contributed by atoms with Gasteiger partial charge in [-0.2, -0.15) is 13.2 Å². The molecule has 26 heavy (non-hydrogen) atoms. The van der Waals surface area contributed by atoms with E-state index in [1.807, 2.05) is 0 Å². The summed E-state index contributed by atoms with van der Waals surface area (Å²) >= 11 is 0. The zero-order valence-electron chi connectivity index (χ0n) is 14.1. The maximum atomic E-state index is 12.7. The molecule has 0 heterocycles. The summed E-state index contributed by atoms with van der Waals surface area (Å²) in [4.78, 5) is 36.2. The van der Waals surface area contributed by atoms with E-state index in [2.05, 4.69) is 5.32 Å².